The Labute approximate surface area is 436 Å². The number of phosphoric ester groups is 1. The smallest absolute Gasteiger partial charge is 0.462 e. The molecule has 9 nitrogen and oxygen atoms in total. The molecule has 0 aliphatic heterocycles. The third kappa shape index (κ3) is 56.1. The second-order valence-electron chi connectivity index (χ2n) is 19.9. The number of hydrogen-bond donors (Lipinski definition) is 1. The van der Waals surface area contributed by atoms with Gasteiger partial charge in [-0.25, -0.2) is 4.57 Å². The zero-order valence-electron chi connectivity index (χ0n) is 46.2. The van der Waals surface area contributed by atoms with Gasteiger partial charge < -0.3 is 18.9 Å². The molecule has 10 heteroatoms. The number of hydrogen-bond acceptors (Lipinski definition) is 7. The summed E-state index contributed by atoms with van der Waals surface area (Å²) in [5, 5.41) is 0. The number of carbonyl (C=O) groups excluding carboxylic acids is 2. The maximum atomic E-state index is 12.8. The molecule has 0 saturated carbocycles. The van der Waals surface area contributed by atoms with Crippen LogP contribution in [-0.4, -0.2) is 74.9 Å². The molecule has 0 fully saturated rings. The Morgan fingerprint density at radius 2 is 0.803 bits per heavy atom. The van der Waals surface area contributed by atoms with E-state index < -0.39 is 26.5 Å². The number of likely N-dealkylation sites (N-methyl/N-ethyl adjacent to an activating group) is 1. The third-order valence-corrected chi connectivity index (χ3v) is 12.9. The van der Waals surface area contributed by atoms with Crippen LogP contribution < -0.4 is 0 Å². The van der Waals surface area contributed by atoms with Crippen molar-refractivity contribution >= 4 is 19.8 Å². The minimum Gasteiger partial charge on any atom is -0.462 e. The summed E-state index contributed by atoms with van der Waals surface area (Å²) >= 11 is 0. The predicted octanol–water partition coefficient (Wildman–Crippen LogP) is 17.6. The Morgan fingerprint density at radius 1 is 0.451 bits per heavy atom. The lowest BCUT2D eigenvalue weighted by atomic mass is 10.0. The van der Waals surface area contributed by atoms with Gasteiger partial charge >= 0.3 is 19.8 Å². The fourth-order valence-corrected chi connectivity index (χ4v) is 8.24. The summed E-state index contributed by atoms with van der Waals surface area (Å²) in [6.45, 7) is 4.30. The van der Waals surface area contributed by atoms with E-state index in [2.05, 4.69) is 111 Å². The van der Waals surface area contributed by atoms with Crippen LogP contribution in [0.25, 0.3) is 0 Å². The summed E-state index contributed by atoms with van der Waals surface area (Å²) in [4.78, 5) is 35.7. The predicted molar refractivity (Wildman–Crippen MR) is 302 cm³/mol. The van der Waals surface area contributed by atoms with Crippen molar-refractivity contribution in [2.75, 3.05) is 47.5 Å². The molecule has 2 atom stereocenters. The number of allylic oxidation sites excluding steroid dienone is 16. The summed E-state index contributed by atoms with van der Waals surface area (Å²) in [6, 6.07) is 0. The van der Waals surface area contributed by atoms with Crippen molar-refractivity contribution in [2.45, 2.75) is 232 Å². The van der Waals surface area contributed by atoms with Gasteiger partial charge in [-0.15, -0.1) is 0 Å². The lowest BCUT2D eigenvalue weighted by molar-refractivity contribution is -0.870. The Balaban J connectivity index is 4.27. The summed E-state index contributed by atoms with van der Waals surface area (Å²) in [5.41, 5.74) is 0. The van der Waals surface area contributed by atoms with Crippen molar-refractivity contribution < 1.29 is 42.1 Å². The van der Waals surface area contributed by atoms with Crippen LogP contribution in [0.4, 0.5) is 0 Å². The van der Waals surface area contributed by atoms with Gasteiger partial charge in [-0.1, -0.05) is 233 Å². The summed E-state index contributed by atoms with van der Waals surface area (Å²) in [6.07, 6.45) is 70.4. The van der Waals surface area contributed by atoms with E-state index in [0.29, 0.717) is 17.4 Å². The average Bonchev–Trinajstić information content (AvgIpc) is 3.33. The van der Waals surface area contributed by atoms with E-state index in [1.165, 1.54) is 96.3 Å². The van der Waals surface area contributed by atoms with E-state index in [4.69, 9.17) is 18.5 Å². The van der Waals surface area contributed by atoms with Crippen LogP contribution in [0.5, 0.6) is 0 Å². The standard InChI is InChI=1S/C61H106NO8P/c1-6-8-10-12-14-16-18-20-22-24-26-27-28-29-30-31-32-33-34-35-36-38-40-42-44-46-48-50-52-54-61(64)70-59(58-69-71(65,66)68-56-55-62(3,4)5)57-67-60(63)53-51-49-47-45-43-41-39-37-25-23-21-19-17-15-13-11-9-7-2/h8,10,14,16,20,22,26-27,29-30,32-33,35-36,40,42,59H,6-7,9,11-13,15,17-19,21,23-25,28,31,34,37-39,41,43-58H2,1-5H3/p+1/b10-8-,16-14-,22-20-,27-26-,30-29-,33-32-,36-35-,42-40-. The fraction of sp³-hybridized carbons (Fsp3) is 0.705. The molecule has 0 saturated heterocycles. The highest BCUT2D eigenvalue weighted by atomic mass is 31.2. The van der Waals surface area contributed by atoms with Crippen LogP contribution >= 0.6 is 7.82 Å². The molecule has 0 aliphatic rings. The van der Waals surface area contributed by atoms with Gasteiger partial charge in [0.25, 0.3) is 0 Å². The molecule has 0 heterocycles. The van der Waals surface area contributed by atoms with Gasteiger partial charge in [0.15, 0.2) is 6.10 Å². The maximum absolute atomic E-state index is 12.8. The second-order valence-corrected chi connectivity index (χ2v) is 21.4. The van der Waals surface area contributed by atoms with Crippen molar-refractivity contribution in [3.8, 4) is 0 Å². The van der Waals surface area contributed by atoms with E-state index in [1.807, 2.05) is 21.1 Å². The molecular formula is C61H107NO8P+. The Hall–Kier alpha value is -3.07. The highest BCUT2D eigenvalue weighted by Crippen LogP contribution is 2.43. The molecule has 0 radical (unpaired) electrons. The zero-order valence-corrected chi connectivity index (χ0v) is 47.1. The number of esters is 2. The van der Waals surface area contributed by atoms with Crippen LogP contribution in [0.2, 0.25) is 0 Å². The maximum Gasteiger partial charge on any atom is 0.472 e. The second kappa shape index (κ2) is 51.8. The van der Waals surface area contributed by atoms with E-state index in [9.17, 15) is 19.0 Å². The highest BCUT2D eigenvalue weighted by Gasteiger charge is 2.27. The van der Waals surface area contributed by atoms with E-state index in [0.717, 1.165) is 96.3 Å². The molecular weight excluding hydrogens is 906 g/mol. The van der Waals surface area contributed by atoms with Crippen LogP contribution in [0.15, 0.2) is 97.2 Å². The number of quaternary nitrogens is 1. The lowest BCUT2D eigenvalue weighted by Gasteiger charge is -2.24. The van der Waals surface area contributed by atoms with E-state index >= 15 is 0 Å². The number of rotatable bonds is 51. The number of carbonyl (C=O) groups is 2. The molecule has 0 rings (SSSR count). The number of ether oxygens (including phenoxy) is 2. The Morgan fingerprint density at radius 3 is 1.20 bits per heavy atom. The molecule has 1 N–H and O–H groups in total. The van der Waals surface area contributed by atoms with Crippen molar-refractivity contribution in [3.63, 3.8) is 0 Å². The van der Waals surface area contributed by atoms with Gasteiger partial charge in [0.2, 0.25) is 0 Å². The molecule has 0 amide bonds. The lowest BCUT2D eigenvalue weighted by Crippen LogP contribution is -2.37. The first-order valence-electron chi connectivity index (χ1n) is 28.5. The molecule has 0 aromatic carbocycles. The monoisotopic (exact) mass is 1010 g/mol. The van der Waals surface area contributed by atoms with Gasteiger partial charge in [0.05, 0.1) is 27.7 Å². The normalized spacial score (nSPS) is 14.1. The number of nitrogens with zero attached hydrogens (tertiary/aromatic N) is 1. The van der Waals surface area contributed by atoms with E-state index in [-0.39, 0.29) is 32.0 Å². The summed E-state index contributed by atoms with van der Waals surface area (Å²) in [5.74, 6) is -0.826. The van der Waals surface area contributed by atoms with Crippen molar-refractivity contribution in [1.82, 2.24) is 0 Å². The zero-order chi connectivity index (χ0) is 52.0. The van der Waals surface area contributed by atoms with Crippen molar-refractivity contribution in [2.24, 2.45) is 0 Å². The first-order valence-corrected chi connectivity index (χ1v) is 30.0. The van der Waals surface area contributed by atoms with E-state index in [1.54, 1.807) is 0 Å². The first kappa shape index (κ1) is 67.9. The van der Waals surface area contributed by atoms with Gasteiger partial charge in [0, 0.05) is 12.8 Å². The average molecular weight is 1010 g/mol. The van der Waals surface area contributed by atoms with Crippen LogP contribution in [0.1, 0.15) is 226 Å². The molecule has 0 spiro atoms. The van der Waals surface area contributed by atoms with Crippen molar-refractivity contribution in [1.29, 1.82) is 0 Å². The Bertz CT molecular complexity index is 1520. The fourth-order valence-electron chi connectivity index (χ4n) is 7.50. The molecule has 0 bridgehead atoms. The van der Waals surface area contributed by atoms with Gasteiger partial charge in [-0.2, -0.15) is 0 Å². The van der Waals surface area contributed by atoms with Gasteiger partial charge in [-0.3, -0.25) is 18.6 Å². The van der Waals surface area contributed by atoms with Crippen LogP contribution in [-0.2, 0) is 32.7 Å². The minimum atomic E-state index is -4.40. The van der Waals surface area contributed by atoms with Crippen LogP contribution in [0.3, 0.4) is 0 Å². The molecule has 408 valence electrons. The van der Waals surface area contributed by atoms with Gasteiger partial charge in [-0.05, 0) is 77.0 Å². The molecule has 2 unspecified atom stereocenters. The molecule has 0 aromatic rings. The quantitative estimate of drug-likeness (QED) is 0.0211. The molecule has 71 heavy (non-hydrogen) atoms. The topological polar surface area (TPSA) is 108 Å². The molecule has 0 aromatic heterocycles. The minimum absolute atomic E-state index is 0.0225. The Kier molecular flexibility index (Phi) is 49.6. The summed E-state index contributed by atoms with van der Waals surface area (Å²) in [7, 11) is 1.45. The number of phosphoric acid groups is 1. The number of unbranched alkanes of at least 4 members (excludes halogenated alkanes) is 21. The summed E-state index contributed by atoms with van der Waals surface area (Å²) < 4.78 is 34.5. The van der Waals surface area contributed by atoms with Gasteiger partial charge in [0.1, 0.15) is 19.8 Å². The third-order valence-electron chi connectivity index (χ3n) is 11.9. The SMILES string of the molecule is CC/C=C\C/C=C\C/C=C\C/C=C\C/C=C\C/C=C\C/C=C\C/C=C\CCCCCCC(=O)OC(COC(=O)CCCCCCCCCCCCCCCCCCCC)COP(=O)(O)OCC[N+](C)(C)C. The molecule has 0 aliphatic carbocycles. The largest absolute Gasteiger partial charge is 0.472 e. The van der Waals surface area contributed by atoms with Crippen molar-refractivity contribution in [3.05, 3.63) is 97.2 Å². The van der Waals surface area contributed by atoms with Crippen LogP contribution in [0, 0.1) is 0 Å². The first-order chi connectivity index (χ1) is 34.5. The highest BCUT2D eigenvalue weighted by molar-refractivity contribution is 7.47.